The van der Waals surface area contributed by atoms with Crippen LogP contribution in [0.2, 0.25) is 0 Å². The number of allylic oxidation sites excluding steroid dienone is 26. The molecule has 0 bridgehead atoms. The van der Waals surface area contributed by atoms with E-state index in [0.717, 1.165) is 161 Å². The quantitative estimate of drug-likeness (QED) is 0.0261. The van der Waals surface area contributed by atoms with Crippen molar-refractivity contribution in [1.82, 2.24) is 0 Å². The largest absolute Gasteiger partial charge is 0.462 e. The highest BCUT2D eigenvalue weighted by molar-refractivity contribution is 5.71. The van der Waals surface area contributed by atoms with Gasteiger partial charge in [-0.25, -0.2) is 0 Å². The van der Waals surface area contributed by atoms with E-state index in [0.29, 0.717) is 12.8 Å². The van der Waals surface area contributed by atoms with E-state index in [1.165, 1.54) is 44.9 Å². The van der Waals surface area contributed by atoms with Crippen molar-refractivity contribution in [3.05, 3.63) is 158 Å². The standard InChI is InChI=1S/C70H110O6/c1-4-7-10-13-16-18-20-22-24-26-28-30-32-33-34-35-36-37-39-40-42-44-46-48-50-52-54-57-60-63-69(72)75-66-67(65-74-68(71)62-59-56-15-12-9-6-3)76-70(73)64-61-58-55-53-51-49-47-45-43-41-38-31-29-27-25-23-21-19-17-14-11-8-5-2/h7-8,10-11,16-19,22-25,28-31,33-34,36-37,40-43,47,49,67H,4-6,9,12-15,20-21,26-27,32,35,38-39,44-46,48,50-66H2,1-3H3/b10-7-,11-8-,18-16-,19-17-,24-22-,25-23-,30-28-,31-29-,34-33-,37-36-,42-40-,43-41-,49-47-. The van der Waals surface area contributed by atoms with Gasteiger partial charge >= 0.3 is 17.9 Å². The molecule has 0 saturated carbocycles. The highest BCUT2D eigenvalue weighted by Crippen LogP contribution is 2.13. The normalized spacial score (nSPS) is 13.2. The SMILES string of the molecule is CC/C=C\C/C=C\C/C=C\C/C=C\C/C=C\C/C=C\C/C=C\CCCCCCCCCC(=O)OCC(COC(=O)CCCCCCCC)OC(=O)CCCCCC/C=C\C/C=C\C/C=C\C/C=C\C/C=C\C/C=C\CC. The van der Waals surface area contributed by atoms with Crippen molar-refractivity contribution >= 4 is 17.9 Å². The highest BCUT2D eigenvalue weighted by Gasteiger charge is 2.19. The molecule has 0 amide bonds. The molecule has 0 heterocycles. The molecule has 1 unspecified atom stereocenters. The molecule has 0 aliphatic rings. The van der Waals surface area contributed by atoms with E-state index in [9.17, 15) is 14.4 Å². The third-order valence-corrected chi connectivity index (χ3v) is 12.3. The molecule has 0 aliphatic heterocycles. The number of unbranched alkanes of at least 4 members (excludes halogenated alkanes) is 16. The average molecular weight is 1050 g/mol. The van der Waals surface area contributed by atoms with E-state index in [4.69, 9.17) is 14.2 Å². The lowest BCUT2D eigenvalue weighted by Crippen LogP contribution is -2.30. The number of carbonyl (C=O) groups is 3. The number of hydrogen-bond donors (Lipinski definition) is 0. The van der Waals surface area contributed by atoms with Gasteiger partial charge in [-0.05, 0) is 128 Å². The Morgan fingerprint density at radius 3 is 0.803 bits per heavy atom. The van der Waals surface area contributed by atoms with E-state index < -0.39 is 6.10 Å². The predicted octanol–water partition coefficient (Wildman–Crippen LogP) is 20.9. The van der Waals surface area contributed by atoms with Gasteiger partial charge in [0.1, 0.15) is 13.2 Å². The van der Waals surface area contributed by atoms with E-state index >= 15 is 0 Å². The van der Waals surface area contributed by atoms with Gasteiger partial charge in [-0.15, -0.1) is 0 Å². The summed E-state index contributed by atoms with van der Waals surface area (Å²) < 4.78 is 16.7. The van der Waals surface area contributed by atoms with E-state index in [2.05, 4.69) is 179 Å². The molecule has 0 radical (unpaired) electrons. The topological polar surface area (TPSA) is 78.9 Å². The van der Waals surface area contributed by atoms with Crippen molar-refractivity contribution < 1.29 is 28.6 Å². The fourth-order valence-electron chi connectivity index (χ4n) is 7.78. The van der Waals surface area contributed by atoms with Crippen LogP contribution in [0.1, 0.15) is 245 Å². The lowest BCUT2D eigenvalue weighted by Gasteiger charge is -2.18. The number of carbonyl (C=O) groups excluding carboxylic acids is 3. The summed E-state index contributed by atoms with van der Waals surface area (Å²) in [6, 6.07) is 0. The molecule has 6 heteroatoms. The summed E-state index contributed by atoms with van der Waals surface area (Å²) in [5.41, 5.74) is 0. The van der Waals surface area contributed by atoms with E-state index in [1.54, 1.807) is 0 Å². The number of esters is 3. The Morgan fingerprint density at radius 1 is 0.276 bits per heavy atom. The summed E-state index contributed by atoms with van der Waals surface area (Å²) in [7, 11) is 0. The van der Waals surface area contributed by atoms with Crippen LogP contribution in [0.25, 0.3) is 0 Å². The fourth-order valence-corrected chi connectivity index (χ4v) is 7.78. The zero-order valence-electron chi connectivity index (χ0n) is 48.7. The highest BCUT2D eigenvalue weighted by atomic mass is 16.6. The maximum Gasteiger partial charge on any atom is 0.306 e. The second kappa shape index (κ2) is 62.6. The maximum atomic E-state index is 12.8. The monoisotopic (exact) mass is 1050 g/mol. The van der Waals surface area contributed by atoms with Gasteiger partial charge in [-0.1, -0.05) is 256 Å². The molecule has 0 saturated heterocycles. The van der Waals surface area contributed by atoms with Gasteiger partial charge in [0.25, 0.3) is 0 Å². The van der Waals surface area contributed by atoms with Crippen molar-refractivity contribution in [2.45, 2.75) is 252 Å². The zero-order chi connectivity index (χ0) is 55.0. The zero-order valence-corrected chi connectivity index (χ0v) is 48.7. The molecule has 426 valence electrons. The molecular weight excluding hydrogens is 937 g/mol. The third-order valence-electron chi connectivity index (χ3n) is 12.3. The number of rotatable bonds is 53. The molecule has 0 aromatic heterocycles. The number of ether oxygens (including phenoxy) is 3. The maximum absolute atomic E-state index is 12.8. The summed E-state index contributed by atoms with van der Waals surface area (Å²) >= 11 is 0. The van der Waals surface area contributed by atoms with Crippen molar-refractivity contribution in [2.24, 2.45) is 0 Å². The van der Waals surface area contributed by atoms with E-state index in [1.807, 2.05) is 0 Å². The van der Waals surface area contributed by atoms with Crippen LogP contribution in [-0.2, 0) is 28.6 Å². The van der Waals surface area contributed by atoms with Gasteiger partial charge < -0.3 is 14.2 Å². The van der Waals surface area contributed by atoms with Crippen LogP contribution in [-0.4, -0.2) is 37.2 Å². The summed E-state index contributed by atoms with van der Waals surface area (Å²) in [6.07, 6.45) is 91.3. The first-order valence-electron chi connectivity index (χ1n) is 30.5. The summed E-state index contributed by atoms with van der Waals surface area (Å²) in [6.45, 7) is 6.31. The average Bonchev–Trinajstić information content (AvgIpc) is 3.42. The van der Waals surface area contributed by atoms with Crippen molar-refractivity contribution in [2.75, 3.05) is 13.2 Å². The summed E-state index contributed by atoms with van der Waals surface area (Å²) in [5.74, 6) is -0.952. The van der Waals surface area contributed by atoms with Crippen molar-refractivity contribution in [3.63, 3.8) is 0 Å². The van der Waals surface area contributed by atoms with Crippen LogP contribution in [0.5, 0.6) is 0 Å². The van der Waals surface area contributed by atoms with Crippen LogP contribution in [0.4, 0.5) is 0 Å². The minimum atomic E-state index is -0.801. The van der Waals surface area contributed by atoms with Gasteiger partial charge in [0.05, 0.1) is 0 Å². The Labute approximate surface area is 467 Å². The van der Waals surface area contributed by atoms with Gasteiger partial charge in [0.2, 0.25) is 0 Å². The molecule has 0 aliphatic carbocycles. The van der Waals surface area contributed by atoms with Crippen molar-refractivity contribution in [1.29, 1.82) is 0 Å². The molecular formula is C70H110O6. The minimum Gasteiger partial charge on any atom is -0.462 e. The van der Waals surface area contributed by atoms with Crippen LogP contribution in [0.3, 0.4) is 0 Å². The van der Waals surface area contributed by atoms with Crippen molar-refractivity contribution in [3.8, 4) is 0 Å². The van der Waals surface area contributed by atoms with Crippen LogP contribution in [0, 0.1) is 0 Å². The lowest BCUT2D eigenvalue weighted by molar-refractivity contribution is -0.167. The van der Waals surface area contributed by atoms with Crippen LogP contribution >= 0.6 is 0 Å². The summed E-state index contributed by atoms with van der Waals surface area (Å²) in [4.78, 5) is 38.0. The molecule has 0 spiro atoms. The minimum absolute atomic E-state index is 0.0983. The molecule has 0 aromatic rings. The van der Waals surface area contributed by atoms with Gasteiger partial charge in [-0.3, -0.25) is 14.4 Å². The molecule has 0 fully saturated rings. The third kappa shape index (κ3) is 59.9. The lowest BCUT2D eigenvalue weighted by atomic mass is 10.1. The first-order chi connectivity index (χ1) is 37.5. The van der Waals surface area contributed by atoms with Gasteiger partial charge in [-0.2, -0.15) is 0 Å². The predicted molar refractivity (Wildman–Crippen MR) is 329 cm³/mol. The molecule has 0 N–H and O–H groups in total. The van der Waals surface area contributed by atoms with E-state index in [-0.39, 0.29) is 37.5 Å². The van der Waals surface area contributed by atoms with Crippen LogP contribution in [0.15, 0.2) is 158 Å². The second-order valence-electron chi connectivity index (χ2n) is 19.5. The van der Waals surface area contributed by atoms with Gasteiger partial charge in [0.15, 0.2) is 6.10 Å². The molecule has 76 heavy (non-hydrogen) atoms. The van der Waals surface area contributed by atoms with Gasteiger partial charge in [0, 0.05) is 19.3 Å². The fraction of sp³-hybridized carbons (Fsp3) is 0.586. The Morgan fingerprint density at radius 2 is 0.513 bits per heavy atom. The Balaban J connectivity index is 4.24. The Kier molecular flexibility index (Phi) is 58.5. The second-order valence-corrected chi connectivity index (χ2v) is 19.5. The first-order valence-corrected chi connectivity index (χ1v) is 30.5. The summed E-state index contributed by atoms with van der Waals surface area (Å²) in [5, 5.41) is 0. The molecule has 0 rings (SSSR count). The Hall–Kier alpha value is -4.97. The smallest absolute Gasteiger partial charge is 0.306 e. The van der Waals surface area contributed by atoms with Crippen LogP contribution < -0.4 is 0 Å². The molecule has 1 atom stereocenters. The number of hydrogen-bond acceptors (Lipinski definition) is 6. The first kappa shape index (κ1) is 71.0. The molecule has 0 aromatic carbocycles. The molecule has 6 nitrogen and oxygen atoms in total. The Bertz CT molecular complexity index is 1720.